The van der Waals surface area contributed by atoms with Gasteiger partial charge in [-0.05, 0) is 38.8 Å². The lowest BCUT2D eigenvalue weighted by Gasteiger charge is -2.37. The van der Waals surface area contributed by atoms with Crippen LogP contribution in [0.25, 0.3) is 0 Å². The average Bonchev–Trinajstić information content (AvgIpc) is 3.08. The lowest BCUT2D eigenvalue weighted by atomic mass is 9.89. The molecule has 1 aliphatic rings. The van der Waals surface area contributed by atoms with Crippen LogP contribution in [0.5, 0.6) is 0 Å². The Balaban J connectivity index is 2.29. The second-order valence-corrected chi connectivity index (χ2v) is 5.43. The average molecular weight is 265 g/mol. The largest absolute Gasteiger partial charge is 0.376 e. The summed E-state index contributed by atoms with van der Waals surface area (Å²) in [7, 11) is 1.86. The van der Waals surface area contributed by atoms with Crippen molar-refractivity contribution in [1.29, 1.82) is 0 Å². The normalized spacial score (nSPS) is 19.7. The highest BCUT2D eigenvalue weighted by atomic mass is 16.5. The van der Waals surface area contributed by atoms with Crippen LogP contribution in [0, 0.1) is 0 Å². The minimum absolute atomic E-state index is 0.0534. The van der Waals surface area contributed by atoms with E-state index in [9.17, 15) is 0 Å². The Morgan fingerprint density at radius 3 is 2.74 bits per heavy atom. The summed E-state index contributed by atoms with van der Waals surface area (Å²) in [5, 5.41) is 8.12. The molecule has 1 aromatic rings. The molecule has 2 rings (SSSR count). The number of rotatable bonds is 7. The van der Waals surface area contributed by atoms with E-state index in [0.717, 1.165) is 32.4 Å². The number of aromatic nitrogens is 2. The molecular formula is C15H27N3O. The fraction of sp³-hybridized carbons (Fsp3) is 0.800. The summed E-state index contributed by atoms with van der Waals surface area (Å²) in [5.41, 5.74) is 1.21. The molecule has 1 N–H and O–H groups in total. The van der Waals surface area contributed by atoms with Crippen LogP contribution in [0.2, 0.25) is 0 Å². The SMILES string of the molecule is CCCNC(c1ccnn1CC)C1(OC)CCCC1. The highest BCUT2D eigenvalue weighted by Gasteiger charge is 2.43. The van der Waals surface area contributed by atoms with Crippen molar-refractivity contribution < 1.29 is 4.74 Å². The maximum atomic E-state index is 5.98. The molecule has 1 atom stereocenters. The Labute approximate surface area is 116 Å². The van der Waals surface area contributed by atoms with Crippen molar-refractivity contribution >= 4 is 0 Å². The Kier molecular flexibility index (Phi) is 4.99. The molecule has 19 heavy (non-hydrogen) atoms. The summed E-state index contributed by atoms with van der Waals surface area (Å²) in [6.07, 6.45) is 7.84. The van der Waals surface area contributed by atoms with Crippen LogP contribution in [0.4, 0.5) is 0 Å². The predicted octanol–water partition coefficient (Wildman–Crippen LogP) is 2.90. The first-order chi connectivity index (χ1) is 9.27. The predicted molar refractivity (Wildman–Crippen MR) is 77.1 cm³/mol. The van der Waals surface area contributed by atoms with Crippen LogP contribution >= 0.6 is 0 Å². The number of nitrogens with zero attached hydrogens (tertiary/aromatic N) is 2. The summed E-state index contributed by atoms with van der Waals surface area (Å²) in [4.78, 5) is 0. The van der Waals surface area contributed by atoms with Gasteiger partial charge in [-0.1, -0.05) is 19.8 Å². The lowest BCUT2D eigenvalue weighted by Crippen LogP contribution is -2.44. The van der Waals surface area contributed by atoms with Gasteiger partial charge >= 0.3 is 0 Å². The van der Waals surface area contributed by atoms with Crippen molar-refractivity contribution in [3.63, 3.8) is 0 Å². The molecule has 4 nitrogen and oxygen atoms in total. The number of hydrogen-bond acceptors (Lipinski definition) is 3. The van der Waals surface area contributed by atoms with E-state index in [-0.39, 0.29) is 11.6 Å². The van der Waals surface area contributed by atoms with Crippen LogP contribution in [0.15, 0.2) is 12.3 Å². The number of hydrogen-bond donors (Lipinski definition) is 1. The molecule has 108 valence electrons. The lowest BCUT2D eigenvalue weighted by molar-refractivity contribution is -0.0389. The van der Waals surface area contributed by atoms with Crippen LogP contribution in [-0.2, 0) is 11.3 Å². The van der Waals surface area contributed by atoms with Crippen molar-refractivity contribution in [2.24, 2.45) is 0 Å². The van der Waals surface area contributed by atoms with Gasteiger partial charge in [0, 0.05) is 19.9 Å². The number of nitrogens with one attached hydrogen (secondary N) is 1. The van der Waals surface area contributed by atoms with Gasteiger partial charge in [0.2, 0.25) is 0 Å². The molecule has 1 aromatic heterocycles. The van der Waals surface area contributed by atoms with E-state index in [1.165, 1.54) is 18.5 Å². The van der Waals surface area contributed by atoms with E-state index in [1.807, 2.05) is 13.3 Å². The first-order valence-corrected chi connectivity index (χ1v) is 7.57. The maximum absolute atomic E-state index is 5.98. The fourth-order valence-corrected chi connectivity index (χ4v) is 3.29. The van der Waals surface area contributed by atoms with Crippen molar-refractivity contribution in [2.75, 3.05) is 13.7 Å². The molecular weight excluding hydrogens is 238 g/mol. The van der Waals surface area contributed by atoms with E-state index in [1.54, 1.807) is 0 Å². The first kappa shape index (κ1) is 14.5. The quantitative estimate of drug-likeness (QED) is 0.824. The molecule has 0 bridgehead atoms. The molecule has 1 saturated carbocycles. The zero-order chi connectivity index (χ0) is 13.7. The van der Waals surface area contributed by atoms with Gasteiger partial charge in [0.15, 0.2) is 0 Å². The highest BCUT2D eigenvalue weighted by Crippen LogP contribution is 2.42. The van der Waals surface area contributed by atoms with E-state index in [0.29, 0.717) is 0 Å². The van der Waals surface area contributed by atoms with E-state index < -0.39 is 0 Å². The van der Waals surface area contributed by atoms with Crippen molar-refractivity contribution in [2.45, 2.75) is 64.1 Å². The minimum Gasteiger partial charge on any atom is -0.376 e. The van der Waals surface area contributed by atoms with Crippen LogP contribution in [-0.4, -0.2) is 29.0 Å². The molecule has 0 aromatic carbocycles. The van der Waals surface area contributed by atoms with Gasteiger partial charge in [0.05, 0.1) is 17.3 Å². The molecule has 1 unspecified atom stereocenters. The van der Waals surface area contributed by atoms with Gasteiger partial charge in [0.25, 0.3) is 0 Å². The second kappa shape index (κ2) is 6.53. The third kappa shape index (κ3) is 2.84. The van der Waals surface area contributed by atoms with E-state index in [4.69, 9.17) is 4.74 Å². The first-order valence-electron chi connectivity index (χ1n) is 7.57. The minimum atomic E-state index is -0.0534. The second-order valence-electron chi connectivity index (χ2n) is 5.43. The van der Waals surface area contributed by atoms with Crippen molar-refractivity contribution in [3.05, 3.63) is 18.0 Å². The highest BCUT2D eigenvalue weighted by molar-refractivity contribution is 5.15. The molecule has 1 heterocycles. The van der Waals surface area contributed by atoms with E-state index in [2.05, 4.69) is 35.0 Å². The molecule has 0 amide bonds. The molecule has 4 heteroatoms. The number of ether oxygens (including phenoxy) is 1. The summed E-state index contributed by atoms with van der Waals surface area (Å²) in [5.74, 6) is 0. The maximum Gasteiger partial charge on any atom is 0.0887 e. The van der Waals surface area contributed by atoms with Crippen molar-refractivity contribution in [1.82, 2.24) is 15.1 Å². The monoisotopic (exact) mass is 265 g/mol. The Bertz CT molecular complexity index is 382. The number of aryl methyl sites for hydroxylation is 1. The van der Waals surface area contributed by atoms with Crippen LogP contribution < -0.4 is 5.32 Å². The topological polar surface area (TPSA) is 39.1 Å². The zero-order valence-corrected chi connectivity index (χ0v) is 12.5. The van der Waals surface area contributed by atoms with Gasteiger partial charge in [-0.3, -0.25) is 4.68 Å². The molecule has 0 aliphatic heterocycles. The smallest absolute Gasteiger partial charge is 0.0887 e. The van der Waals surface area contributed by atoms with Gasteiger partial charge in [0.1, 0.15) is 0 Å². The van der Waals surface area contributed by atoms with Crippen LogP contribution in [0.1, 0.15) is 57.7 Å². The summed E-state index contributed by atoms with van der Waals surface area (Å²) in [6, 6.07) is 2.39. The number of methoxy groups -OCH3 is 1. The fourth-order valence-electron chi connectivity index (χ4n) is 3.29. The summed E-state index contributed by atoms with van der Waals surface area (Å²) in [6.45, 7) is 6.27. The van der Waals surface area contributed by atoms with Gasteiger partial charge in [-0.25, -0.2) is 0 Å². The standard InChI is InChI=1S/C15H27N3O/c1-4-11-16-14(13-8-12-17-18(13)5-2)15(19-3)9-6-7-10-15/h8,12,14,16H,4-7,9-11H2,1-3H3. The van der Waals surface area contributed by atoms with Crippen molar-refractivity contribution in [3.8, 4) is 0 Å². The van der Waals surface area contributed by atoms with E-state index >= 15 is 0 Å². The molecule has 1 fully saturated rings. The third-order valence-corrected chi connectivity index (χ3v) is 4.33. The Hall–Kier alpha value is -0.870. The summed E-state index contributed by atoms with van der Waals surface area (Å²) >= 11 is 0. The zero-order valence-electron chi connectivity index (χ0n) is 12.5. The molecule has 0 saturated heterocycles. The Morgan fingerprint density at radius 2 is 2.16 bits per heavy atom. The molecule has 1 aliphatic carbocycles. The van der Waals surface area contributed by atoms with Gasteiger partial charge in [-0.15, -0.1) is 0 Å². The van der Waals surface area contributed by atoms with Crippen LogP contribution in [0.3, 0.4) is 0 Å². The molecule has 0 spiro atoms. The molecule has 0 radical (unpaired) electrons. The summed E-state index contributed by atoms with van der Waals surface area (Å²) < 4.78 is 8.07. The Morgan fingerprint density at radius 1 is 1.42 bits per heavy atom. The van der Waals surface area contributed by atoms with Gasteiger partial charge in [-0.2, -0.15) is 5.10 Å². The van der Waals surface area contributed by atoms with Gasteiger partial charge < -0.3 is 10.1 Å². The third-order valence-electron chi connectivity index (χ3n) is 4.33.